The average Bonchev–Trinajstić information content (AvgIpc) is 2.21. The Bertz CT molecular complexity index is 348. The third kappa shape index (κ3) is 6.03. The zero-order chi connectivity index (χ0) is 15.4. The number of carboxylic acid groups (broad SMARTS) is 1. The summed E-state index contributed by atoms with van der Waals surface area (Å²) >= 11 is -0.832. The van der Waals surface area contributed by atoms with Crippen molar-refractivity contribution in [2.75, 3.05) is 5.75 Å². The maximum absolute atomic E-state index is 12.8. The summed E-state index contributed by atoms with van der Waals surface area (Å²) in [4.78, 5) is 21.1. The summed E-state index contributed by atoms with van der Waals surface area (Å²) in [5, 5.41) is 5.42. The SMILES string of the molecule is CC(=O)N[C@@H](CSC(F)(F)C(F)C(F)(F)F)C(=O)O. The Hall–Kier alpha value is -1.13. The summed E-state index contributed by atoms with van der Waals surface area (Å²) < 4.78 is 73.5. The normalized spacial score (nSPS) is 15.7. The lowest BCUT2D eigenvalue weighted by Gasteiger charge is -2.23. The molecule has 0 heterocycles. The molecule has 0 aromatic carbocycles. The van der Waals surface area contributed by atoms with Crippen LogP contribution in [0.25, 0.3) is 0 Å². The highest BCUT2D eigenvalue weighted by molar-refractivity contribution is 8.00. The molecule has 0 aliphatic carbocycles. The fourth-order valence-electron chi connectivity index (χ4n) is 0.878. The van der Waals surface area contributed by atoms with Gasteiger partial charge in [0.1, 0.15) is 6.04 Å². The molecule has 4 nitrogen and oxygen atoms in total. The minimum absolute atomic E-state index is 0.832. The first-order valence-corrected chi connectivity index (χ1v) is 5.59. The van der Waals surface area contributed by atoms with Crippen LogP contribution in [-0.2, 0) is 9.59 Å². The monoisotopic (exact) mass is 313 g/mol. The van der Waals surface area contributed by atoms with Gasteiger partial charge < -0.3 is 10.4 Å². The van der Waals surface area contributed by atoms with Crippen LogP contribution in [0.5, 0.6) is 0 Å². The number of carboxylic acids is 1. The molecule has 0 aromatic heterocycles. The van der Waals surface area contributed by atoms with Crippen LogP contribution in [0.15, 0.2) is 0 Å². The van der Waals surface area contributed by atoms with Crippen molar-refractivity contribution in [1.29, 1.82) is 0 Å². The standard InChI is InChI=1S/C8H9F6NO3S/c1-3(16)15-4(5(17)18)2-19-8(13,14)6(9)7(10,11)12/h4,6H,2H2,1H3,(H,15,16)(H,17,18)/t4-,6?/m0/s1. The van der Waals surface area contributed by atoms with E-state index in [4.69, 9.17) is 5.11 Å². The van der Waals surface area contributed by atoms with Crippen molar-refractivity contribution in [3.8, 4) is 0 Å². The third-order valence-corrected chi connectivity index (χ3v) is 2.79. The van der Waals surface area contributed by atoms with Crippen molar-refractivity contribution in [2.45, 2.75) is 30.6 Å². The molecule has 0 saturated carbocycles. The van der Waals surface area contributed by atoms with Gasteiger partial charge in [0.2, 0.25) is 5.91 Å². The fraction of sp³-hybridized carbons (Fsp3) is 0.750. The number of hydrogen-bond acceptors (Lipinski definition) is 3. The molecule has 1 amide bonds. The summed E-state index contributed by atoms with van der Waals surface area (Å²) in [6, 6.07) is -1.84. The molecule has 2 N–H and O–H groups in total. The predicted molar refractivity (Wildman–Crippen MR) is 53.6 cm³/mol. The minimum Gasteiger partial charge on any atom is -0.480 e. The number of rotatable bonds is 6. The predicted octanol–water partition coefficient (Wildman–Crippen LogP) is 1.80. The molecule has 0 aliphatic heterocycles. The van der Waals surface area contributed by atoms with Crippen molar-refractivity contribution >= 4 is 23.6 Å². The summed E-state index contributed by atoms with van der Waals surface area (Å²) in [7, 11) is 0. The van der Waals surface area contributed by atoms with E-state index in [1.807, 2.05) is 0 Å². The lowest BCUT2D eigenvalue weighted by Crippen LogP contribution is -2.44. The molecule has 11 heteroatoms. The second-order valence-electron chi connectivity index (χ2n) is 3.37. The Labute approximate surface area is 107 Å². The van der Waals surface area contributed by atoms with Gasteiger partial charge in [-0.25, -0.2) is 9.18 Å². The Morgan fingerprint density at radius 3 is 2.05 bits per heavy atom. The first-order chi connectivity index (χ1) is 8.38. The first-order valence-electron chi connectivity index (χ1n) is 4.60. The van der Waals surface area contributed by atoms with Gasteiger partial charge in [0.25, 0.3) is 6.17 Å². The van der Waals surface area contributed by atoms with E-state index < -0.39 is 53.0 Å². The van der Waals surface area contributed by atoms with Crippen molar-refractivity contribution in [2.24, 2.45) is 0 Å². The molecule has 0 saturated heterocycles. The van der Waals surface area contributed by atoms with Crippen LogP contribution in [0.4, 0.5) is 26.3 Å². The Kier molecular flexibility index (Phi) is 5.97. The first kappa shape index (κ1) is 17.9. The number of alkyl halides is 6. The van der Waals surface area contributed by atoms with Crippen molar-refractivity contribution in [3.63, 3.8) is 0 Å². The van der Waals surface area contributed by atoms with E-state index in [-0.39, 0.29) is 0 Å². The fourth-order valence-corrected chi connectivity index (χ4v) is 1.77. The van der Waals surface area contributed by atoms with Gasteiger partial charge in [-0.05, 0) is 0 Å². The van der Waals surface area contributed by atoms with Gasteiger partial charge in [-0.15, -0.1) is 0 Å². The van der Waals surface area contributed by atoms with E-state index in [0.29, 0.717) is 0 Å². The van der Waals surface area contributed by atoms with Crippen LogP contribution in [0, 0.1) is 0 Å². The summed E-state index contributed by atoms with van der Waals surface area (Å²) in [6.07, 6.45) is -10.2. The van der Waals surface area contributed by atoms with E-state index in [1.54, 1.807) is 5.32 Å². The molecule has 0 bridgehead atoms. The van der Waals surface area contributed by atoms with Crippen molar-refractivity contribution in [1.82, 2.24) is 5.32 Å². The number of nitrogens with one attached hydrogen (secondary N) is 1. The van der Waals surface area contributed by atoms with Crippen LogP contribution < -0.4 is 5.32 Å². The van der Waals surface area contributed by atoms with E-state index in [0.717, 1.165) is 6.92 Å². The highest BCUT2D eigenvalue weighted by atomic mass is 32.2. The van der Waals surface area contributed by atoms with Gasteiger partial charge in [0.15, 0.2) is 0 Å². The zero-order valence-corrected chi connectivity index (χ0v) is 10.1. The van der Waals surface area contributed by atoms with Crippen LogP contribution in [-0.4, -0.2) is 46.4 Å². The van der Waals surface area contributed by atoms with Gasteiger partial charge in [-0.2, -0.15) is 22.0 Å². The van der Waals surface area contributed by atoms with Gasteiger partial charge in [0, 0.05) is 12.7 Å². The molecule has 0 fully saturated rings. The topological polar surface area (TPSA) is 66.4 Å². The van der Waals surface area contributed by atoms with Crippen LogP contribution in [0.1, 0.15) is 6.92 Å². The van der Waals surface area contributed by atoms with E-state index >= 15 is 0 Å². The number of thioether (sulfide) groups is 1. The molecule has 0 aromatic rings. The largest absolute Gasteiger partial charge is 0.480 e. The average molecular weight is 313 g/mol. The highest BCUT2D eigenvalue weighted by Gasteiger charge is 2.57. The van der Waals surface area contributed by atoms with Gasteiger partial charge >= 0.3 is 17.4 Å². The number of aliphatic carboxylic acids is 1. The van der Waals surface area contributed by atoms with Gasteiger partial charge in [-0.1, -0.05) is 11.8 Å². The second-order valence-corrected chi connectivity index (χ2v) is 4.53. The number of halogens is 6. The molecule has 19 heavy (non-hydrogen) atoms. The summed E-state index contributed by atoms with van der Waals surface area (Å²) in [5.41, 5.74) is 0. The molecule has 0 aliphatic rings. The molecule has 1 unspecified atom stereocenters. The quantitative estimate of drug-likeness (QED) is 0.734. The van der Waals surface area contributed by atoms with Crippen LogP contribution >= 0.6 is 11.8 Å². The molecule has 0 spiro atoms. The highest BCUT2D eigenvalue weighted by Crippen LogP contribution is 2.42. The van der Waals surface area contributed by atoms with Crippen LogP contribution in [0.3, 0.4) is 0 Å². The molecular formula is C8H9F6NO3S. The van der Waals surface area contributed by atoms with Gasteiger partial charge in [-0.3, -0.25) is 4.79 Å². The van der Waals surface area contributed by atoms with E-state index in [9.17, 15) is 35.9 Å². The Balaban J connectivity index is 4.66. The Morgan fingerprint density at radius 1 is 1.26 bits per heavy atom. The minimum atomic E-state index is -5.76. The number of hydrogen-bond donors (Lipinski definition) is 2. The lowest BCUT2D eigenvalue weighted by molar-refractivity contribution is -0.219. The van der Waals surface area contributed by atoms with E-state index in [1.165, 1.54) is 0 Å². The smallest absolute Gasteiger partial charge is 0.426 e. The maximum Gasteiger partial charge on any atom is 0.426 e. The summed E-state index contributed by atoms with van der Waals surface area (Å²) in [5.74, 6) is -3.71. The van der Waals surface area contributed by atoms with Crippen molar-refractivity contribution in [3.05, 3.63) is 0 Å². The van der Waals surface area contributed by atoms with Crippen LogP contribution in [0.2, 0.25) is 0 Å². The number of amides is 1. The maximum atomic E-state index is 12.8. The molecule has 112 valence electrons. The van der Waals surface area contributed by atoms with Crippen molar-refractivity contribution < 1.29 is 41.0 Å². The second kappa shape index (κ2) is 6.35. The lowest BCUT2D eigenvalue weighted by atomic mass is 10.3. The summed E-state index contributed by atoms with van der Waals surface area (Å²) in [6.45, 7) is 0.895. The molecular weight excluding hydrogens is 304 g/mol. The number of carbonyl (C=O) groups is 2. The Morgan fingerprint density at radius 2 is 1.74 bits per heavy atom. The van der Waals surface area contributed by atoms with E-state index in [2.05, 4.69) is 0 Å². The number of carbonyl (C=O) groups excluding carboxylic acids is 1. The molecule has 0 rings (SSSR count). The zero-order valence-electron chi connectivity index (χ0n) is 9.30. The van der Waals surface area contributed by atoms with Gasteiger partial charge in [0.05, 0.1) is 0 Å². The molecule has 2 atom stereocenters. The third-order valence-electron chi connectivity index (χ3n) is 1.70. The molecule has 0 radical (unpaired) electrons.